The van der Waals surface area contributed by atoms with E-state index >= 15 is 0 Å². The molecule has 0 aliphatic rings. The highest BCUT2D eigenvalue weighted by Gasteiger charge is 2.19. The van der Waals surface area contributed by atoms with Gasteiger partial charge in [0.05, 0.1) is 10.2 Å². The zero-order valence-corrected chi connectivity index (χ0v) is 18.0. The van der Waals surface area contributed by atoms with Gasteiger partial charge in [-0.2, -0.15) is 0 Å². The number of benzene rings is 1. The molecule has 0 bridgehead atoms. The number of nitrogens with one attached hydrogen (secondary N) is 2. The first-order valence-corrected chi connectivity index (χ1v) is 11.3. The summed E-state index contributed by atoms with van der Waals surface area (Å²) in [4.78, 5) is 15.7. The van der Waals surface area contributed by atoms with Crippen molar-refractivity contribution in [3.63, 3.8) is 0 Å². The number of rotatable bonds is 8. The van der Waals surface area contributed by atoms with Gasteiger partial charge < -0.3 is 5.32 Å². The van der Waals surface area contributed by atoms with Crippen molar-refractivity contribution in [1.29, 1.82) is 0 Å². The molecule has 15 heteroatoms. The van der Waals surface area contributed by atoms with Crippen LogP contribution in [0.2, 0.25) is 0 Å². The van der Waals surface area contributed by atoms with Gasteiger partial charge in [0.1, 0.15) is 11.6 Å². The van der Waals surface area contributed by atoms with E-state index in [1.165, 1.54) is 18.2 Å². The van der Waals surface area contributed by atoms with E-state index in [1.54, 1.807) is 6.92 Å². The van der Waals surface area contributed by atoms with Crippen molar-refractivity contribution in [2.45, 2.75) is 18.0 Å². The Bertz CT molecular complexity index is 1020. The lowest BCUT2D eigenvalue weighted by Crippen LogP contribution is -2.39. The third-order valence-corrected chi connectivity index (χ3v) is 5.62. The van der Waals surface area contributed by atoms with Crippen LogP contribution in [0.15, 0.2) is 37.3 Å². The molecule has 0 aliphatic heterocycles. The van der Waals surface area contributed by atoms with Gasteiger partial charge in [-0.1, -0.05) is 11.8 Å². The van der Waals surface area contributed by atoms with E-state index in [-0.39, 0.29) is 26.8 Å². The van der Waals surface area contributed by atoms with Crippen LogP contribution < -0.4 is 15.9 Å². The molecule has 1 atom stereocenters. The Morgan fingerprint density at radius 1 is 1.48 bits per heavy atom. The average Bonchev–Trinajstić information content (AvgIpc) is 3.07. The van der Waals surface area contributed by atoms with E-state index < -0.39 is 33.5 Å². The molecule has 2 aromatic rings. The zero-order valence-electron chi connectivity index (χ0n) is 14.8. The highest BCUT2D eigenvalue weighted by Crippen LogP contribution is 2.24. The Morgan fingerprint density at radius 2 is 2.21 bits per heavy atom. The van der Waals surface area contributed by atoms with E-state index in [0.29, 0.717) is 5.69 Å². The van der Waals surface area contributed by atoms with Crippen LogP contribution in [0.25, 0.3) is 0 Å². The van der Waals surface area contributed by atoms with Gasteiger partial charge in [-0.25, -0.2) is 27.6 Å². The summed E-state index contributed by atoms with van der Waals surface area (Å²) in [6.45, 7) is 1.65. The fraction of sp³-hybridized carbons (Fsp3) is 0.286. The molecule has 0 radical (unpaired) electrons. The number of primary sulfonamides is 1. The number of hydrogen-bond donors (Lipinski definition) is 4. The van der Waals surface area contributed by atoms with Gasteiger partial charge in [-0.3, -0.25) is 15.5 Å². The lowest BCUT2D eigenvalue weighted by atomic mass is 10.3. The van der Waals surface area contributed by atoms with Gasteiger partial charge in [-0.05, 0) is 51.4 Å². The van der Waals surface area contributed by atoms with Crippen molar-refractivity contribution in [3.05, 3.63) is 34.2 Å². The van der Waals surface area contributed by atoms with Gasteiger partial charge in [0.2, 0.25) is 15.9 Å². The predicted molar refractivity (Wildman–Crippen MR) is 106 cm³/mol. The zero-order chi connectivity index (χ0) is 21.6. The quantitative estimate of drug-likeness (QED) is 0.174. The second-order valence-electron chi connectivity index (χ2n) is 5.68. The van der Waals surface area contributed by atoms with Crippen LogP contribution in [0.1, 0.15) is 12.6 Å². The molecule has 0 unspecified atom stereocenters. The Kier molecular flexibility index (Phi) is 8.09. The molecule has 11 nitrogen and oxygen atoms in total. The van der Waals surface area contributed by atoms with Crippen LogP contribution in [0.4, 0.5) is 10.1 Å². The number of sulfonamides is 1. The van der Waals surface area contributed by atoms with Crippen LogP contribution in [-0.4, -0.2) is 53.2 Å². The van der Waals surface area contributed by atoms with Crippen LogP contribution >= 0.6 is 27.7 Å². The smallest absolute Gasteiger partial charge is 0.236 e. The number of carbonyl (C=O) groups is 1. The Morgan fingerprint density at radius 3 is 2.83 bits per heavy atom. The number of amides is 1. The molecule has 1 aromatic heterocycles. The van der Waals surface area contributed by atoms with Crippen LogP contribution in [-0.2, 0) is 14.8 Å². The Hall–Kier alpha value is -2.07. The van der Waals surface area contributed by atoms with Crippen molar-refractivity contribution in [2.75, 3.05) is 11.5 Å². The Balaban J connectivity index is 2.08. The van der Waals surface area contributed by atoms with Crippen molar-refractivity contribution in [2.24, 2.45) is 10.1 Å². The normalized spacial score (nSPS) is 13.2. The van der Waals surface area contributed by atoms with Crippen LogP contribution in [0.5, 0.6) is 0 Å². The molecule has 158 valence electrons. The number of thioether (sulfide) groups is 1. The van der Waals surface area contributed by atoms with Crippen molar-refractivity contribution in [3.8, 4) is 0 Å². The molecule has 29 heavy (non-hydrogen) atoms. The van der Waals surface area contributed by atoms with Crippen molar-refractivity contribution in [1.82, 2.24) is 21.1 Å². The fourth-order valence-corrected chi connectivity index (χ4v) is 3.64. The first kappa shape index (κ1) is 23.2. The van der Waals surface area contributed by atoms with E-state index in [2.05, 4.69) is 41.2 Å². The van der Waals surface area contributed by atoms with E-state index in [0.717, 1.165) is 11.8 Å². The number of aliphatic imine (C=N–C) groups is 1. The van der Waals surface area contributed by atoms with E-state index in [4.69, 9.17) is 5.14 Å². The third kappa shape index (κ3) is 7.36. The molecule has 1 amide bonds. The summed E-state index contributed by atoms with van der Waals surface area (Å²) < 4.78 is 40.1. The van der Waals surface area contributed by atoms with Crippen molar-refractivity contribution < 1.29 is 27.4 Å². The first-order valence-electron chi connectivity index (χ1n) is 7.78. The minimum atomic E-state index is -3.92. The molecule has 0 saturated carbocycles. The lowest BCUT2D eigenvalue weighted by molar-refractivity contribution is -0.119. The molecule has 0 fully saturated rings. The van der Waals surface area contributed by atoms with Gasteiger partial charge in [0.15, 0.2) is 16.6 Å². The maximum atomic E-state index is 13.3. The van der Waals surface area contributed by atoms with E-state index in [1.807, 2.05) is 5.48 Å². The lowest BCUT2D eigenvalue weighted by Gasteiger charge is -2.12. The summed E-state index contributed by atoms with van der Waals surface area (Å²) in [5.74, 6) is -1.85. The summed E-state index contributed by atoms with van der Waals surface area (Å²) in [5, 5.41) is 24.3. The second kappa shape index (κ2) is 10.1. The number of hydrogen-bond acceptors (Lipinski definition) is 9. The molecule has 0 aliphatic carbocycles. The topological polar surface area (TPSA) is 173 Å². The predicted octanol–water partition coefficient (Wildman–Crippen LogP) is 0.914. The van der Waals surface area contributed by atoms with Crippen molar-refractivity contribution >= 4 is 55.1 Å². The van der Waals surface area contributed by atoms with Crippen LogP contribution in [0.3, 0.4) is 0 Å². The van der Waals surface area contributed by atoms with Gasteiger partial charge in [-0.15, -0.1) is 0 Å². The number of nitrogens with two attached hydrogens (primary N) is 1. The Labute approximate surface area is 177 Å². The summed E-state index contributed by atoms with van der Waals surface area (Å²) in [7, 11) is -3.92. The monoisotopic (exact) mass is 510 g/mol. The molecule has 1 heterocycles. The molecular weight excluding hydrogens is 495 g/mol. The third-order valence-electron chi connectivity index (χ3n) is 3.14. The number of hydroxylamine groups is 1. The number of amidine groups is 1. The number of nitrogens with zero attached hydrogens (tertiary/aromatic N) is 3. The molecule has 1 aromatic carbocycles. The minimum Gasteiger partial charge on any atom is -0.352 e. The first-order chi connectivity index (χ1) is 13.6. The highest BCUT2D eigenvalue weighted by atomic mass is 79.9. The molecule has 0 spiro atoms. The summed E-state index contributed by atoms with van der Waals surface area (Å²) in [6.07, 6.45) is 0. The largest absolute Gasteiger partial charge is 0.352 e. The maximum Gasteiger partial charge on any atom is 0.236 e. The van der Waals surface area contributed by atoms with Crippen LogP contribution in [0, 0.1) is 5.82 Å². The summed E-state index contributed by atoms with van der Waals surface area (Å²) in [5.41, 5.74) is 2.29. The highest BCUT2D eigenvalue weighted by molar-refractivity contribution is 9.10. The molecule has 2 rings (SSSR count). The summed E-state index contributed by atoms with van der Waals surface area (Å²) in [6, 6.07) is 3.55. The molecule has 5 N–H and O–H groups in total. The average molecular weight is 511 g/mol. The minimum absolute atomic E-state index is 0.0843. The maximum absolute atomic E-state index is 13.3. The molecular formula is C14H16BrFN6O5S2. The fourth-order valence-electron chi connectivity index (χ4n) is 1.98. The SMILES string of the molecule is C[C@H](CSc1nonc1C(=Nc1ccc(F)c(Br)c1)NO)NC(=O)CS(N)(=O)=O. The van der Waals surface area contributed by atoms with Gasteiger partial charge in [0.25, 0.3) is 0 Å². The second-order valence-corrected chi connectivity index (χ2v) is 9.15. The van der Waals surface area contributed by atoms with Gasteiger partial charge >= 0.3 is 0 Å². The van der Waals surface area contributed by atoms with Gasteiger partial charge in [0, 0.05) is 11.8 Å². The number of aromatic nitrogens is 2. The number of halogens is 2. The standard InChI is InChI=1S/C14H16BrFN6O5S2/c1-7(18-11(23)6-29(17,25)26)5-28-14-12(21-27-22-14)13(20-24)19-8-2-3-10(16)9(15)4-8/h2-4,7,24H,5-6H2,1H3,(H,18,23)(H,19,20)(H2,17,25,26)/t7-/m1/s1. The van der Waals surface area contributed by atoms with E-state index in [9.17, 15) is 22.8 Å². The number of carbonyl (C=O) groups excluding carboxylic acids is 1. The summed E-state index contributed by atoms with van der Waals surface area (Å²) >= 11 is 4.16. The molecule has 0 saturated heterocycles.